The molecule has 0 saturated carbocycles. The number of halogens is 1. The molecule has 140 valence electrons. The van der Waals surface area contributed by atoms with E-state index >= 15 is 0 Å². The van der Waals surface area contributed by atoms with Crippen LogP contribution in [0.5, 0.6) is 11.5 Å². The second-order valence-corrected chi connectivity index (χ2v) is 6.47. The van der Waals surface area contributed by atoms with Gasteiger partial charge >= 0.3 is 0 Å². The lowest BCUT2D eigenvalue weighted by atomic mass is 10.1. The highest BCUT2D eigenvalue weighted by Gasteiger charge is 2.19. The Balaban J connectivity index is 0.00000225. The second kappa shape index (κ2) is 10.1. The van der Waals surface area contributed by atoms with Crippen molar-refractivity contribution in [3.05, 3.63) is 18.2 Å². The molecule has 1 aromatic carbocycles. The Morgan fingerprint density at radius 1 is 1.28 bits per heavy atom. The molecule has 2 heterocycles. The summed E-state index contributed by atoms with van der Waals surface area (Å²) >= 11 is 0. The van der Waals surface area contributed by atoms with Crippen molar-refractivity contribution in [2.75, 3.05) is 51.8 Å². The number of nitrogens with one attached hydrogen (secondary N) is 2. The number of rotatable bonds is 4. The zero-order chi connectivity index (χ0) is 16.8. The quantitative estimate of drug-likeness (QED) is 0.411. The van der Waals surface area contributed by atoms with Gasteiger partial charge in [-0.05, 0) is 45.0 Å². The first kappa shape index (κ1) is 20.1. The fraction of sp³-hybridized carbons (Fsp3) is 0.611. The number of hydrogen-bond donors (Lipinski definition) is 2. The molecule has 2 N–H and O–H groups in total. The summed E-state index contributed by atoms with van der Waals surface area (Å²) < 4.78 is 11.4. The molecule has 0 aliphatic carbocycles. The molecule has 7 heteroatoms. The van der Waals surface area contributed by atoms with E-state index in [0.717, 1.165) is 49.2 Å². The Hall–Kier alpha value is -1.22. The largest absolute Gasteiger partial charge is 0.490 e. The first-order valence-corrected chi connectivity index (χ1v) is 8.88. The van der Waals surface area contributed by atoms with Crippen molar-refractivity contribution >= 4 is 35.6 Å². The summed E-state index contributed by atoms with van der Waals surface area (Å²) in [7, 11) is 2.17. The molecule has 1 unspecified atom stereocenters. The van der Waals surface area contributed by atoms with Crippen LogP contribution in [0.4, 0.5) is 5.69 Å². The SMILES string of the molecule is CCNC(=NCC1CCN(C)C1)Nc1ccc2c(c1)OCCCO2.I. The molecule has 2 aliphatic rings. The molecule has 0 spiro atoms. The van der Waals surface area contributed by atoms with Gasteiger partial charge in [-0.3, -0.25) is 4.99 Å². The van der Waals surface area contributed by atoms with E-state index in [-0.39, 0.29) is 24.0 Å². The fourth-order valence-corrected chi connectivity index (χ4v) is 3.08. The van der Waals surface area contributed by atoms with Gasteiger partial charge < -0.3 is 25.0 Å². The van der Waals surface area contributed by atoms with Crippen LogP contribution in [0.3, 0.4) is 0 Å². The van der Waals surface area contributed by atoms with Crippen molar-refractivity contribution in [1.82, 2.24) is 10.2 Å². The summed E-state index contributed by atoms with van der Waals surface area (Å²) in [5.41, 5.74) is 0.961. The maximum Gasteiger partial charge on any atom is 0.195 e. The van der Waals surface area contributed by atoms with E-state index in [0.29, 0.717) is 19.1 Å². The first-order valence-electron chi connectivity index (χ1n) is 8.88. The van der Waals surface area contributed by atoms with Gasteiger partial charge in [-0.1, -0.05) is 0 Å². The summed E-state index contributed by atoms with van der Waals surface area (Å²) in [6.45, 7) is 7.47. The van der Waals surface area contributed by atoms with Crippen molar-refractivity contribution in [2.24, 2.45) is 10.9 Å². The molecule has 1 aromatic rings. The Morgan fingerprint density at radius 2 is 2.08 bits per heavy atom. The van der Waals surface area contributed by atoms with Gasteiger partial charge in [0.1, 0.15) is 0 Å². The summed E-state index contributed by atoms with van der Waals surface area (Å²) in [6, 6.07) is 5.94. The molecule has 25 heavy (non-hydrogen) atoms. The van der Waals surface area contributed by atoms with E-state index in [1.165, 1.54) is 13.0 Å². The molecule has 1 atom stereocenters. The summed E-state index contributed by atoms with van der Waals surface area (Å²) in [5, 5.41) is 6.69. The molecular formula is C18H29IN4O2. The van der Waals surface area contributed by atoms with Crippen LogP contribution >= 0.6 is 24.0 Å². The molecule has 2 aliphatic heterocycles. The lowest BCUT2D eigenvalue weighted by Gasteiger charge is -2.15. The monoisotopic (exact) mass is 460 g/mol. The zero-order valence-electron chi connectivity index (χ0n) is 15.1. The van der Waals surface area contributed by atoms with Crippen LogP contribution in [0.2, 0.25) is 0 Å². The van der Waals surface area contributed by atoms with Gasteiger partial charge in [0.05, 0.1) is 13.2 Å². The molecule has 0 aromatic heterocycles. The molecule has 3 rings (SSSR count). The maximum absolute atomic E-state index is 5.75. The van der Waals surface area contributed by atoms with Gasteiger partial charge in [-0.15, -0.1) is 24.0 Å². The van der Waals surface area contributed by atoms with Crippen molar-refractivity contribution in [2.45, 2.75) is 19.8 Å². The van der Waals surface area contributed by atoms with E-state index < -0.39 is 0 Å². The summed E-state index contributed by atoms with van der Waals surface area (Å²) in [6.07, 6.45) is 2.14. The Morgan fingerprint density at radius 3 is 2.80 bits per heavy atom. The van der Waals surface area contributed by atoms with Crippen molar-refractivity contribution in [1.29, 1.82) is 0 Å². The third-order valence-corrected chi connectivity index (χ3v) is 4.35. The van der Waals surface area contributed by atoms with Gasteiger partial charge in [-0.2, -0.15) is 0 Å². The fourth-order valence-electron chi connectivity index (χ4n) is 3.08. The third-order valence-electron chi connectivity index (χ3n) is 4.35. The van der Waals surface area contributed by atoms with Gasteiger partial charge in [0, 0.05) is 37.8 Å². The van der Waals surface area contributed by atoms with E-state index in [1.54, 1.807) is 0 Å². The van der Waals surface area contributed by atoms with E-state index in [9.17, 15) is 0 Å². The molecule has 1 fully saturated rings. The number of nitrogens with zero attached hydrogens (tertiary/aromatic N) is 2. The van der Waals surface area contributed by atoms with Crippen LogP contribution in [0.25, 0.3) is 0 Å². The lowest BCUT2D eigenvalue weighted by Crippen LogP contribution is -2.31. The average molecular weight is 460 g/mol. The Bertz CT molecular complexity index is 582. The molecule has 1 saturated heterocycles. The molecule has 6 nitrogen and oxygen atoms in total. The Kier molecular flexibility index (Phi) is 8.08. The summed E-state index contributed by atoms with van der Waals surface area (Å²) in [4.78, 5) is 7.12. The molecular weight excluding hydrogens is 431 g/mol. The normalized spacial score (nSPS) is 20.6. The predicted molar refractivity (Wildman–Crippen MR) is 113 cm³/mol. The smallest absolute Gasteiger partial charge is 0.195 e. The van der Waals surface area contributed by atoms with Crippen LogP contribution < -0.4 is 20.1 Å². The standard InChI is InChI=1S/C18H28N4O2.HI/c1-3-19-18(20-12-14-7-8-22(2)13-14)21-15-5-6-16-17(11-15)24-10-4-9-23-16;/h5-6,11,14H,3-4,7-10,12-13H2,1-2H3,(H2,19,20,21);1H. The molecule has 0 bridgehead atoms. The van der Waals surface area contributed by atoms with Gasteiger partial charge in [0.25, 0.3) is 0 Å². The topological polar surface area (TPSA) is 58.1 Å². The average Bonchev–Trinajstić information content (AvgIpc) is 2.85. The minimum absolute atomic E-state index is 0. The van der Waals surface area contributed by atoms with Gasteiger partial charge in [-0.25, -0.2) is 0 Å². The number of hydrogen-bond acceptors (Lipinski definition) is 4. The van der Waals surface area contributed by atoms with Crippen LogP contribution in [0.1, 0.15) is 19.8 Å². The van der Waals surface area contributed by atoms with E-state index in [4.69, 9.17) is 14.5 Å². The first-order chi connectivity index (χ1) is 11.7. The maximum atomic E-state index is 5.75. The van der Waals surface area contributed by atoms with Gasteiger partial charge in [0.2, 0.25) is 0 Å². The molecule has 0 radical (unpaired) electrons. The highest BCUT2D eigenvalue weighted by atomic mass is 127. The minimum Gasteiger partial charge on any atom is -0.490 e. The van der Waals surface area contributed by atoms with E-state index in [1.807, 2.05) is 18.2 Å². The van der Waals surface area contributed by atoms with Crippen LogP contribution in [-0.2, 0) is 0 Å². The van der Waals surface area contributed by atoms with Crippen LogP contribution in [-0.4, -0.2) is 57.3 Å². The second-order valence-electron chi connectivity index (χ2n) is 6.47. The lowest BCUT2D eigenvalue weighted by molar-refractivity contribution is 0.297. The number of anilines is 1. The number of guanidine groups is 1. The third kappa shape index (κ3) is 5.91. The minimum atomic E-state index is 0. The van der Waals surface area contributed by atoms with Crippen LogP contribution in [0.15, 0.2) is 23.2 Å². The molecule has 0 amide bonds. The number of ether oxygens (including phenoxy) is 2. The zero-order valence-corrected chi connectivity index (χ0v) is 17.4. The number of benzene rings is 1. The highest BCUT2D eigenvalue weighted by Crippen LogP contribution is 2.32. The van der Waals surface area contributed by atoms with Crippen molar-refractivity contribution in [3.8, 4) is 11.5 Å². The predicted octanol–water partition coefficient (Wildman–Crippen LogP) is 2.80. The van der Waals surface area contributed by atoms with Crippen molar-refractivity contribution in [3.63, 3.8) is 0 Å². The number of likely N-dealkylation sites (tertiary alicyclic amines) is 1. The summed E-state index contributed by atoms with van der Waals surface area (Å²) in [5.74, 6) is 3.08. The van der Waals surface area contributed by atoms with Gasteiger partial charge in [0.15, 0.2) is 17.5 Å². The van der Waals surface area contributed by atoms with Crippen molar-refractivity contribution < 1.29 is 9.47 Å². The number of aliphatic imine (C=N–C) groups is 1. The van der Waals surface area contributed by atoms with E-state index in [2.05, 4.69) is 29.5 Å². The van der Waals surface area contributed by atoms with Crippen LogP contribution in [0, 0.1) is 5.92 Å². The Labute approximate surface area is 167 Å². The highest BCUT2D eigenvalue weighted by molar-refractivity contribution is 14.0. The number of fused-ring (bicyclic) bond motifs is 1.